The Bertz CT molecular complexity index is 649. The summed E-state index contributed by atoms with van der Waals surface area (Å²) in [6.07, 6.45) is 3.61. The van der Waals surface area contributed by atoms with Crippen LogP contribution in [0.1, 0.15) is 18.4 Å². The van der Waals surface area contributed by atoms with Gasteiger partial charge >= 0.3 is 0 Å². The molecule has 7 nitrogen and oxygen atoms in total. The van der Waals surface area contributed by atoms with E-state index >= 15 is 0 Å². The van der Waals surface area contributed by atoms with Gasteiger partial charge < -0.3 is 14.5 Å². The highest BCUT2D eigenvalue weighted by Crippen LogP contribution is 2.31. The second-order valence-electron chi connectivity index (χ2n) is 7.06. The van der Waals surface area contributed by atoms with E-state index in [1.165, 1.54) is 4.90 Å². The Kier molecular flexibility index (Phi) is 5.22. The van der Waals surface area contributed by atoms with E-state index in [1.54, 1.807) is 32.3 Å². The molecule has 2 bridgehead atoms. The smallest absolute Gasteiger partial charge is 0.241 e. The first kappa shape index (κ1) is 17.7. The number of hydrogen-bond acceptors (Lipinski definition) is 5. The quantitative estimate of drug-likeness (QED) is 0.781. The van der Waals surface area contributed by atoms with E-state index in [0.717, 1.165) is 24.9 Å². The van der Waals surface area contributed by atoms with Crippen molar-refractivity contribution >= 4 is 11.8 Å². The largest absolute Gasteiger partial charge is 0.481 e. The summed E-state index contributed by atoms with van der Waals surface area (Å²) in [5, 5.41) is 0. The number of carbonyl (C=O) groups is 2. The molecular formula is C18H26N4O3. The van der Waals surface area contributed by atoms with Gasteiger partial charge in [0, 0.05) is 38.9 Å². The summed E-state index contributed by atoms with van der Waals surface area (Å²) < 4.78 is 5.33. The summed E-state index contributed by atoms with van der Waals surface area (Å²) >= 11 is 0. The molecule has 2 fully saturated rings. The molecular weight excluding hydrogens is 320 g/mol. The zero-order chi connectivity index (χ0) is 18.0. The molecule has 0 aromatic carbocycles. The summed E-state index contributed by atoms with van der Waals surface area (Å²) in [6.45, 7) is 2.38. The molecule has 2 aliphatic heterocycles. The number of ether oxygens (including phenoxy) is 1. The molecule has 2 atom stereocenters. The maximum Gasteiger partial charge on any atom is 0.241 e. The van der Waals surface area contributed by atoms with Crippen molar-refractivity contribution in [1.29, 1.82) is 0 Å². The topological polar surface area (TPSA) is 66.0 Å². The second kappa shape index (κ2) is 7.39. The molecule has 0 saturated carbocycles. The van der Waals surface area contributed by atoms with Crippen molar-refractivity contribution in [2.75, 3.05) is 40.8 Å². The van der Waals surface area contributed by atoms with Crippen LogP contribution in [0.4, 0.5) is 0 Å². The fourth-order valence-corrected chi connectivity index (χ4v) is 3.71. The van der Waals surface area contributed by atoms with Gasteiger partial charge in [-0.3, -0.25) is 14.5 Å². The highest BCUT2D eigenvalue weighted by Gasteiger charge is 2.41. The predicted molar refractivity (Wildman–Crippen MR) is 93.0 cm³/mol. The number of hydrogen-bond donors (Lipinski definition) is 0. The van der Waals surface area contributed by atoms with E-state index in [2.05, 4.69) is 9.88 Å². The van der Waals surface area contributed by atoms with Crippen molar-refractivity contribution < 1.29 is 14.3 Å². The van der Waals surface area contributed by atoms with Gasteiger partial charge in [0.25, 0.3) is 0 Å². The lowest BCUT2D eigenvalue weighted by Gasteiger charge is -2.46. The number of amides is 2. The zero-order valence-corrected chi connectivity index (χ0v) is 15.1. The van der Waals surface area contributed by atoms with E-state index in [1.807, 2.05) is 12.1 Å². The number of likely N-dealkylation sites (N-methyl/N-ethyl adjacent to an activating group) is 1. The maximum absolute atomic E-state index is 12.9. The monoisotopic (exact) mass is 346 g/mol. The number of carbonyl (C=O) groups excluding carboxylic acids is 2. The molecule has 0 radical (unpaired) electrons. The normalized spacial score (nSPS) is 23.5. The molecule has 0 spiro atoms. The second-order valence-corrected chi connectivity index (χ2v) is 7.06. The van der Waals surface area contributed by atoms with Crippen molar-refractivity contribution in [1.82, 2.24) is 19.7 Å². The Hall–Kier alpha value is -2.15. The van der Waals surface area contributed by atoms with E-state index in [0.29, 0.717) is 24.9 Å². The van der Waals surface area contributed by atoms with Crippen molar-refractivity contribution in [3.05, 3.63) is 23.9 Å². The van der Waals surface area contributed by atoms with Crippen LogP contribution in [-0.2, 0) is 16.1 Å². The molecule has 1 aromatic heterocycles. The van der Waals surface area contributed by atoms with Gasteiger partial charge in [0.1, 0.15) is 0 Å². The molecule has 0 aliphatic carbocycles. The SMILES string of the molecule is COc1ncccc1CN1CC[C@H]2C[C@@H]1C(=O)N(CC(=O)N(C)C)C2. The molecule has 3 rings (SSSR count). The Labute approximate surface area is 148 Å². The zero-order valence-electron chi connectivity index (χ0n) is 15.1. The van der Waals surface area contributed by atoms with Crippen LogP contribution in [0.15, 0.2) is 18.3 Å². The number of methoxy groups -OCH3 is 1. The van der Waals surface area contributed by atoms with Gasteiger partial charge in [-0.25, -0.2) is 4.98 Å². The van der Waals surface area contributed by atoms with Crippen molar-refractivity contribution in [3.63, 3.8) is 0 Å². The maximum atomic E-state index is 12.9. The van der Waals surface area contributed by atoms with Crippen LogP contribution in [-0.4, -0.2) is 78.4 Å². The summed E-state index contributed by atoms with van der Waals surface area (Å²) in [6, 6.07) is 3.71. The van der Waals surface area contributed by atoms with Crippen LogP contribution in [0.5, 0.6) is 5.88 Å². The van der Waals surface area contributed by atoms with Gasteiger partial charge in [-0.2, -0.15) is 0 Å². The van der Waals surface area contributed by atoms with Gasteiger partial charge in [0.2, 0.25) is 17.7 Å². The van der Waals surface area contributed by atoms with Crippen molar-refractivity contribution in [2.45, 2.75) is 25.4 Å². The van der Waals surface area contributed by atoms with E-state index in [-0.39, 0.29) is 24.4 Å². The first-order valence-electron chi connectivity index (χ1n) is 8.70. The summed E-state index contributed by atoms with van der Waals surface area (Å²) in [5.41, 5.74) is 0.984. The molecule has 7 heteroatoms. The van der Waals surface area contributed by atoms with Crippen LogP contribution >= 0.6 is 0 Å². The van der Waals surface area contributed by atoms with E-state index in [9.17, 15) is 9.59 Å². The van der Waals surface area contributed by atoms with E-state index < -0.39 is 0 Å². The Morgan fingerprint density at radius 1 is 1.44 bits per heavy atom. The highest BCUT2D eigenvalue weighted by atomic mass is 16.5. The molecule has 0 N–H and O–H groups in total. The van der Waals surface area contributed by atoms with Gasteiger partial charge in [-0.1, -0.05) is 6.07 Å². The fraction of sp³-hybridized carbons (Fsp3) is 0.611. The average molecular weight is 346 g/mol. The first-order valence-corrected chi connectivity index (χ1v) is 8.70. The summed E-state index contributed by atoms with van der Waals surface area (Å²) in [5.74, 6) is 1.11. The van der Waals surface area contributed by atoms with Gasteiger partial charge in [-0.05, 0) is 31.4 Å². The number of piperidine rings is 2. The van der Waals surface area contributed by atoms with Crippen LogP contribution < -0.4 is 4.74 Å². The third-order valence-corrected chi connectivity index (χ3v) is 5.14. The first-order chi connectivity index (χ1) is 12.0. The summed E-state index contributed by atoms with van der Waals surface area (Å²) in [7, 11) is 5.05. The number of likely N-dealkylation sites (tertiary alicyclic amines) is 2. The van der Waals surface area contributed by atoms with Gasteiger partial charge in [0.15, 0.2) is 0 Å². The number of aromatic nitrogens is 1. The molecule has 2 amide bonds. The highest BCUT2D eigenvalue weighted by molar-refractivity contribution is 5.88. The Morgan fingerprint density at radius 3 is 2.96 bits per heavy atom. The third kappa shape index (κ3) is 3.76. The minimum atomic E-state index is -0.160. The average Bonchev–Trinajstić information content (AvgIpc) is 2.61. The van der Waals surface area contributed by atoms with Crippen LogP contribution in [0.2, 0.25) is 0 Å². The molecule has 3 heterocycles. The van der Waals surface area contributed by atoms with Crippen LogP contribution in [0.3, 0.4) is 0 Å². The number of pyridine rings is 1. The van der Waals surface area contributed by atoms with Crippen molar-refractivity contribution in [3.8, 4) is 5.88 Å². The molecule has 2 saturated heterocycles. The third-order valence-electron chi connectivity index (χ3n) is 5.14. The van der Waals surface area contributed by atoms with Crippen LogP contribution in [0.25, 0.3) is 0 Å². The molecule has 2 aliphatic rings. The minimum absolute atomic E-state index is 0.0335. The standard InChI is InChI=1S/C18H26N4O3/c1-20(2)16(23)12-22-10-13-6-8-21(15(9-13)18(22)24)11-14-5-4-7-19-17(14)25-3/h4-5,7,13,15H,6,8-12H2,1-3H3/t13-,15+/m0/s1. The minimum Gasteiger partial charge on any atom is -0.481 e. The van der Waals surface area contributed by atoms with Crippen LogP contribution in [0, 0.1) is 5.92 Å². The predicted octanol–water partition coefficient (Wildman–Crippen LogP) is 0.601. The lowest BCUT2D eigenvalue weighted by Crippen LogP contribution is -2.59. The van der Waals surface area contributed by atoms with Crippen molar-refractivity contribution in [2.24, 2.45) is 5.92 Å². The molecule has 0 unspecified atom stereocenters. The molecule has 1 aromatic rings. The fourth-order valence-electron chi connectivity index (χ4n) is 3.71. The molecule has 25 heavy (non-hydrogen) atoms. The number of nitrogens with zero attached hydrogens (tertiary/aromatic N) is 4. The number of fused-ring (bicyclic) bond motifs is 2. The van der Waals surface area contributed by atoms with Gasteiger partial charge in [0.05, 0.1) is 19.7 Å². The Morgan fingerprint density at radius 2 is 2.24 bits per heavy atom. The number of rotatable bonds is 5. The summed E-state index contributed by atoms with van der Waals surface area (Å²) in [4.78, 5) is 34.6. The van der Waals surface area contributed by atoms with E-state index in [4.69, 9.17) is 4.74 Å². The Balaban J connectivity index is 1.73. The molecule has 136 valence electrons. The lowest BCUT2D eigenvalue weighted by molar-refractivity contribution is -0.150. The lowest BCUT2D eigenvalue weighted by atomic mass is 9.85. The van der Waals surface area contributed by atoms with Gasteiger partial charge in [-0.15, -0.1) is 0 Å².